The van der Waals surface area contributed by atoms with E-state index in [1.54, 1.807) is 0 Å². The molecule has 184 valence electrons. The second-order valence-corrected chi connectivity index (χ2v) is 10.3. The van der Waals surface area contributed by atoms with Crippen molar-refractivity contribution in [2.75, 3.05) is 4.90 Å². The summed E-state index contributed by atoms with van der Waals surface area (Å²) in [4.78, 5) is 2.37. The van der Waals surface area contributed by atoms with Crippen LogP contribution in [0.1, 0.15) is 0 Å². The van der Waals surface area contributed by atoms with Gasteiger partial charge < -0.3 is 9.47 Å². The summed E-state index contributed by atoms with van der Waals surface area (Å²) < 4.78 is 2.37. The molecule has 8 rings (SSSR count). The van der Waals surface area contributed by atoms with Crippen LogP contribution in [0.15, 0.2) is 140 Å². The highest BCUT2D eigenvalue weighted by atomic mass is 15.1. The molecule has 39 heavy (non-hydrogen) atoms. The molecule has 2 nitrogen and oxygen atoms in total. The minimum atomic E-state index is 1.14. The van der Waals surface area contributed by atoms with Gasteiger partial charge in [-0.15, -0.1) is 0 Å². The highest BCUT2D eigenvalue weighted by Crippen LogP contribution is 2.43. The zero-order chi connectivity index (χ0) is 25.9. The lowest BCUT2D eigenvalue weighted by Crippen LogP contribution is -2.09. The van der Waals surface area contributed by atoms with Crippen LogP contribution in [0.25, 0.3) is 54.1 Å². The Bertz CT molecular complexity index is 2190. The van der Waals surface area contributed by atoms with Gasteiger partial charge in [-0.3, -0.25) is 0 Å². The van der Waals surface area contributed by atoms with Crippen LogP contribution in [0.3, 0.4) is 0 Å². The minimum absolute atomic E-state index is 1.14. The highest BCUT2D eigenvalue weighted by molar-refractivity contribution is 6.31. The highest BCUT2D eigenvalue weighted by Gasteiger charge is 2.19. The van der Waals surface area contributed by atoms with E-state index >= 15 is 0 Å². The van der Waals surface area contributed by atoms with Crippen LogP contribution in [-0.4, -0.2) is 4.57 Å². The van der Waals surface area contributed by atoms with Crippen molar-refractivity contribution in [3.63, 3.8) is 0 Å². The molecule has 0 spiro atoms. The molecule has 0 saturated carbocycles. The van der Waals surface area contributed by atoms with Crippen LogP contribution in [0.4, 0.5) is 17.1 Å². The number of fused-ring (bicyclic) bond motifs is 9. The maximum atomic E-state index is 2.38. The van der Waals surface area contributed by atoms with Crippen molar-refractivity contribution in [1.29, 1.82) is 0 Å². The molecule has 2 heteroatoms. The maximum Gasteiger partial charge on any atom is 0.0574 e. The predicted octanol–water partition coefficient (Wildman–Crippen LogP) is 10.3. The fourth-order valence-electron chi connectivity index (χ4n) is 6.36. The fraction of sp³-hybridized carbons (Fsp3) is 0.0270. The number of para-hydroxylation sites is 1. The van der Waals surface area contributed by atoms with E-state index in [1.165, 1.54) is 54.1 Å². The third-order valence-electron chi connectivity index (χ3n) is 8.12. The molecule has 0 radical (unpaired) electrons. The zero-order valence-corrected chi connectivity index (χ0v) is 21.7. The average Bonchev–Trinajstić information content (AvgIpc) is 3.30. The van der Waals surface area contributed by atoms with E-state index in [1.807, 2.05) is 0 Å². The number of hydrogen-bond donors (Lipinski definition) is 0. The Morgan fingerprint density at radius 3 is 1.82 bits per heavy atom. The number of anilines is 3. The third-order valence-corrected chi connectivity index (χ3v) is 8.12. The Labute approximate surface area is 226 Å². The molecule has 0 saturated heterocycles. The molecule has 0 atom stereocenters. The number of aromatic nitrogens is 1. The molecular formula is C37H26N2. The molecule has 0 unspecified atom stereocenters. The van der Waals surface area contributed by atoms with E-state index in [9.17, 15) is 0 Å². The van der Waals surface area contributed by atoms with Crippen LogP contribution >= 0.6 is 0 Å². The van der Waals surface area contributed by atoms with Crippen LogP contribution in [0, 0.1) is 0 Å². The van der Waals surface area contributed by atoms with E-state index in [-0.39, 0.29) is 0 Å². The first kappa shape index (κ1) is 22.0. The summed E-state index contributed by atoms with van der Waals surface area (Å²) in [5.41, 5.74) is 5.96. The van der Waals surface area contributed by atoms with Crippen LogP contribution in [-0.2, 0) is 7.05 Å². The van der Waals surface area contributed by atoms with Gasteiger partial charge in [0, 0.05) is 45.8 Å². The van der Waals surface area contributed by atoms with Crippen LogP contribution in [0.2, 0.25) is 0 Å². The summed E-state index contributed by atoms with van der Waals surface area (Å²) in [6.07, 6.45) is 0. The minimum Gasteiger partial charge on any atom is -0.343 e. The summed E-state index contributed by atoms with van der Waals surface area (Å²) in [6.45, 7) is 0. The molecule has 0 aliphatic rings. The standard InChI is InChI=1S/C37H26N2/c1-38-35-22-21-29(39(27-13-3-2-4-14-27)28-20-19-25-11-5-6-12-26(25)23-28)24-34(35)36-32-17-9-7-15-30(32)31-16-8-10-18-33(31)37(36)38/h2-24H,1H3. The zero-order valence-electron chi connectivity index (χ0n) is 21.7. The molecule has 0 aliphatic heterocycles. The lowest BCUT2D eigenvalue weighted by molar-refractivity contribution is 1.02. The van der Waals surface area contributed by atoms with Gasteiger partial charge in [-0.05, 0) is 69.4 Å². The van der Waals surface area contributed by atoms with E-state index in [0.717, 1.165) is 17.1 Å². The molecule has 0 amide bonds. The summed E-state index contributed by atoms with van der Waals surface area (Å²) >= 11 is 0. The molecule has 7 aromatic carbocycles. The first-order valence-corrected chi connectivity index (χ1v) is 13.4. The first-order chi connectivity index (χ1) is 19.3. The molecule has 1 aromatic heterocycles. The monoisotopic (exact) mass is 498 g/mol. The Morgan fingerprint density at radius 1 is 0.436 bits per heavy atom. The Balaban J connectivity index is 1.46. The Hall–Kier alpha value is -5.08. The Kier molecular flexibility index (Phi) is 4.77. The maximum absolute atomic E-state index is 2.38. The van der Waals surface area contributed by atoms with Gasteiger partial charge in [-0.2, -0.15) is 0 Å². The van der Waals surface area contributed by atoms with Crippen LogP contribution < -0.4 is 4.90 Å². The van der Waals surface area contributed by atoms with Gasteiger partial charge in [-0.1, -0.05) is 97.1 Å². The molecule has 1 heterocycles. The van der Waals surface area contributed by atoms with E-state index < -0.39 is 0 Å². The molecule has 0 aliphatic carbocycles. The van der Waals surface area contributed by atoms with Gasteiger partial charge in [0.1, 0.15) is 0 Å². The van der Waals surface area contributed by atoms with Gasteiger partial charge >= 0.3 is 0 Å². The van der Waals surface area contributed by atoms with Gasteiger partial charge in [0.25, 0.3) is 0 Å². The lowest BCUT2D eigenvalue weighted by Gasteiger charge is -2.26. The summed E-state index contributed by atoms with van der Waals surface area (Å²) in [6, 6.07) is 50.5. The second kappa shape index (κ2) is 8.47. The fourth-order valence-corrected chi connectivity index (χ4v) is 6.36. The normalized spacial score (nSPS) is 11.7. The SMILES string of the molecule is Cn1c2ccc(N(c3ccccc3)c3ccc4ccccc4c3)cc2c2c3ccccc3c3ccccc3c21. The lowest BCUT2D eigenvalue weighted by atomic mass is 9.96. The summed E-state index contributed by atoms with van der Waals surface area (Å²) in [5, 5.41) is 10.3. The number of hydrogen-bond acceptors (Lipinski definition) is 1. The topological polar surface area (TPSA) is 8.17 Å². The molecular weight excluding hydrogens is 472 g/mol. The number of nitrogens with zero attached hydrogens (tertiary/aromatic N) is 2. The molecule has 0 N–H and O–H groups in total. The average molecular weight is 499 g/mol. The van der Waals surface area contributed by atoms with Crippen molar-refractivity contribution in [2.24, 2.45) is 7.05 Å². The van der Waals surface area contributed by atoms with Crippen molar-refractivity contribution < 1.29 is 0 Å². The number of rotatable bonds is 3. The quantitative estimate of drug-likeness (QED) is 0.220. The van der Waals surface area contributed by atoms with E-state index in [0.29, 0.717) is 0 Å². The van der Waals surface area contributed by atoms with Crippen LogP contribution in [0.5, 0.6) is 0 Å². The van der Waals surface area contributed by atoms with Crippen molar-refractivity contribution >= 4 is 71.2 Å². The second-order valence-electron chi connectivity index (χ2n) is 10.3. The molecule has 8 aromatic rings. The summed E-state index contributed by atoms with van der Waals surface area (Å²) in [5.74, 6) is 0. The van der Waals surface area contributed by atoms with Crippen molar-refractivity contribution in [1.82, 2.24) is 4.57 Å². The van der Waals surface area contributed by atoms with E-state index in [2.05, 4.69) is 156 Å². The van der Waals surface area contributed by atoms with Crippen molar-refractivity contribution in [3.8, 4) is 0 Å². The Morgan fingerprint density at radius 2 is 1.03 bits per heavy atom. The first-order valence-electron chi connectivity index (χ1n) is 13.4. The smallest absolute Gasteiger partial charge is 0.0574 e. The largest absolute Gasteiger partial charge is 0.343 e. The molecule has 0 bridgehead atoms. The van der Waals surface area contributed by atoms with Gasteiger partial charge in [-0.25, -0.2) is 0 Å². The third kappa shape index (κ3) is 3.28. The van der Waals surface area contributed by atoms with Crippen molar-refractivity contribution in [3.05, 3.63) is 140 Å². The predicted molar refractivity (Wildman–Crippen MR) is 168 cm³/mol. The van der Waals surface area contributed by atoms with Gasteiger partial charge in [0.2, 0.25) is 0 Å². The van der Waals surface area contributed by atoms with Gasteiger partial charge in [0.05, 0.1) is 5.52 Å². The van der Waals surface area contributed by atoms with E-state index in [4.69, 9.17) is 0 Å². The van der Waals surface area contributed by atoms with Gasteiger partial charge in [0.15, 0.2) is 0 Å². The molecule has 0 fully saturated rings. The van der Waals surface area contributed by atoms with Crippen molar-refractivity contribution in [2.45, 2.75) is 0 Å². The number of aryl methyl sites for hydroxylation is 1. The summed E-state index contributed by atoms with van der Waals surface area (Å²) in [7, 11) is 2.20. The number of benzene rings is 7.